The summed E-state index contributed by atoms with van der Waals surface area (Å²) in [4.78, 5) is 37.9. The van der Waals surface area contributed by atoms with Crippen molar-refractivity contribution >= 4 is 29.2 Å². The molecule has 1 N–H and O–H groups in total. The van der Waals surface area contributed by atoms with Crippen LogP contribution in [0.15, 0.2) is 48.5 Å². The van der Waals surface area contributed by atoms with Crippen LogP contribution in [0.25, 0.3) is 0 Å². The van der Waals surface area contributed by atoms with Crippen LogP contribution in [0.4, 0.5) is 11.4 Å². The summed E-state index contributed by atoms with van der Waals surface area (Å²) in [6.07, 6.45) is -0.992. The van der Waals surface area contributed by atoms with Crippen LogP contribution in [0.3, 0.4) is 0 Å². The Kier molecular flexibility index (Phi) is 5.93. The Morgan fingerprint density at radius 2 is 1.86 bits per heavy atom. The smallest absolute Gasteiger partial charge is 0.310 e. The summed E-state index contributed by atoms with van der Waals surface area (Å²) in [6, 6.07) is 14.5. The number of anilines is 2. The quantitative estimate of drug-likeness (QED) is 0.777. The van der Waals surface area contributed by atoms with Gasteiger partial charge in [-0.3, -0.25) is 19.3 Å². The molecule has 3 rings (SSSR count). The Hall–Kier alpha value is -3.35. The fourth-order valence-electron chi connectivity index (χ4n) is 2.84. The van der Waals surface area contributed by atoms with E-state index < -0.39 is 18.0 Å². The number of nitrogens with zero attached hydrogens (tertiary/aromatic N) is 1. The topological polar surface area (TPSA) is 84.9 Å². The van der Waals surface area contributed by atoms with E-state index in [9.17, 15) is 14.4 Å². The number of rotatable bonds is 6. The van der Waals surface area contributed by atoms with Crippen molar-refractivity contribution in [3.63, 3.8) is 0 Å². The second kappa shape index (κ2) is 8.56. The van der Waals surface area contributed by atoms with Gasteiger partial charge in [0.05, 0.1) is 24.4 Å². The summed E-state index contributed by atoms with van der Waals surface area (Å²) in [7, 11) is 0. The van der Waals surface area contributed by atoms with Crippen molar-refractivity contribution < 1.29 is 23.9 Å². The van der Waals surface area contributed by atoms with Crippen LogP contribution in [0, 0.1) is 6.92 Å². The van der Waals surface area contributed by atoms with Crippen LogP contribution >= 0.6 is 0 Å². The van der Waals surface area contributed by atoms with E-state index in [4.69, 9.17) is 9.47 Å². The van der Waals surface area contributed by atoms with Gasteiger partial charge in [-0.25, -0.2) is 0 Å². The number of nitrogens with one attached hydrogen (secondary N) is 1. The van der Waals surface area contributed by atoms with E-state index in [1.807, 2.05) is 31.2 Å². The molecule has 0 saturated carbocycles. The lowest BCUT2D eigenvalue weighted by molar-refractivity contribution is -0.154. The molecule has 1 aliphatic rings. The molecule has 2 aromatic rings. The maximum Gasteiger partial charge on any atom is 0.310 e. The molecule has 0 radical (unpaired) electrons. The van der Waals surface area contributed by atoms with Gasteiger partial charge in [0.25, 0.3) is 5.91 Å². The third-order valence-corrected chi connectivity index (χ3v) is 4.29. The second-order valence-electron chi connectivity index (χ2n) is 6.53. The zero-order chi connectivity index (χ0) is 20.1. The number of esters is 1. The Morgan fingerprint density at radius 1 is 1.14 bits per heavy atom. The van der Waals surface area contributed by atoms with Gasteiger partial charge in [0, 0.05) is 0 Å². The predicted octanol–water partition coefficient (Wildman–Crippen LogP) is 2.68. The van der Waals surface area contributed by atoms with Gasteiger partial charge in [-0.2, -0.15) is 0 Å². The molecule has 7 nitrogen and oxygen atoms in total. The number of hydrogen-bond donors (Lipinski definition) is 1. The minimum absolute atomic E-state index is 0.0164. The Bertz CT molecular complexity index is 879. The van der Waals surface area contributed by atoms with Crippen LogP contribution in [-0.2, 0) is 19.1 Å². The summed E-state index contributed by atoms with van der Waals surface area (Å²) in [5.41, 5.74) is 2.25. The van der Waals surface area contributed by atoms with E-state index in [-0.39, 0.29) is 25.5 Å². The van der Waals surface area contributed by atoms with Crippen molar-refractivity contribution in [1.82, 2.24) is 0 Å². The van der Waals surface area contributed by atoms with E-state index in [0.29, 0.717) is 17.1 Å². The minimum atomic E-state index is -1.01. The first-order valence-electron chi connectivity index (χ1n) is 9.03. The van der Waals surface area contributed by atoms with Gasteiger partial charge in [-0.15, -0.1) is 0 Å². The molecule has 2 amide bonds. The number of amides is 2. The summed E-state index contributed by atoms with van der Waals surface area (Å²) in [5, 5.41) is 2.71. The zero-order valence-corrected chi connectivity index (χ0v) is 15.8. The normalized spacial score (nSPS) is 13.9. The van der Waals surface area contributed by atoms with Crippen LogP contribution in [0.1, 0.15) is 18.9 Å². The number of para-hydroxylation sites is 2. The molecule has 1 atom stereocenters. The highest BCUT2D eigenvalue weighted by Gasteiger charge is 2.31. The molecule has 7 heteroatoms. The summed E-state index contributed by atoms with van der Waals surface area (Å²) in [5.74, 6) is -0.617. The first-order valence-corrected chi connectivity index (χ1v) is 9.03. The fourth-order valence-corrected chi connectivity index (χ4v) is 2.84. The van der Waals surface area contributed by atoms with E-state index in [1.165, 1.54) is 11.8 Å². The molecular formula is C21H22N2O5. The molecule has 0 fully saturated rings. The molecule has 0 aromatic heterocycles. The Balaban J connectivity index is 1.53. The monoisotopic (exact) mass is 382 g/mol. The molecule has 0 saturated heterocycles. The number of hydrogen-bond acceptors (Lipinski definition) is 5. The van der Waals surface area contributed by atoms with Crippen molar-refractivity contribution in [3.8, 4) is 5.75 Å². The molecule has 28 heavy (non-hydrogen) atoms. The third-order valence-electron chi connectivity index (χ3n) is 4.29. The molecule has 0 bridgehead atoms. The van der Waals surface area contributed by atoms with Crippen molar-refractivity contribution in [1.29, 1.82) is 0 Å². The number of carbonyl (C=O) groups is 3. The average molecular weight is 382 g/mol. The molecular weight excluding hydrogens is 360 g/mol. The van der Waals surface area contributed by atoms with E-state index in [2.05, 4.69) is 5.32 Å². The molecule has 1 aliphatic heterocycles. The van der Waals surface area contributed by atoms with Crippen LogP contribution in [0.5, 0.6) is 5.75 Å². The molecule has 0 unspecified atom stereocenters. The highest BCUT2D eigenvalue weighted by Crippen LogP contribution is 2.29. The van der Waals surface area contributed by atoms with Crippen molar-refractivity contribution in [2.75, 3.05) is 23.4 Å². The van der Waals surface area contributed by atoms with Gasteiger partial charge < -0.3 is 14.8 Å². The maximum atomic E-state index is 12.7. The molecule has 2 aromatic carbocycles. The van der Waals surface area contributed by atoms with Crippen LogP contribution < -0.4 is 15.0 Å². The number of ether oxygens (including phenoxy) is 2. The van der Waals surface area contributed by atoms with Crippen molar-refractivity contribution in [2.24, 2.45) is 0 Å². The predicted molar refractivity (Wildman–Crippen MR) is 104 cm³/mol. The first kappa shape index (κ1) is 19.4. The second-order valence-corrected chi connectivity index (χ2v) is 6.53. The zero-order valence-electron chi connectivity index (χ0n) is 15.8. The summed E-state index contributed by atoms with van der Waals surface area (Å²) >= 11 is 0. The van der Waals surface area contributed by atoms with E-state index >= 15 is 0 Å². The first-order chi connectivity index (χ1) is 13.4. The summed E-state index contributed by atoms with van der Waals surface area (Å²) < 4.78 is 10.7. The largest absolute Gasteiger partial charge is 0.493 e. The molecule has 146 valence electrons. The average Bonchev–Trinajstić information content (AvgIpc) is 2.68. The lowest BCUT2D eigenvalue weighted by Crippen LogP contribution is -2.47. The standard InChI is InChI=1S/C21H22N2O5/c1-14-7-9-16(10-8-14)27-12-11-20(25)28-15(2)21(26)23-13-19(24)22-17-5-3-4-6-18(17)23/h3-10,15H,11-13H2,1-2H3,(H,22,24)/t15-/m1/s1. The maximum absolute atomic E-state index is 12.7. The molecule has 0 aliphatic carbocycles. The number of aryl methyl sites for hydroxylation is 1. The number of fused-ring (bicyclic) bond motifs is 1. The summed E-state index contributed by atoms with van der Waals surface area (Å²) in [6.45, 7) is 3.51. The SMILES string of the molecule is Cc1ccc(OCCC(=O)O[C@H](C)C(=O)N2CC(=O)Nc3ccccc32)cc1. The van der Waals surface area contributed by atoms with Gasteiger partial charge in [-0.1, -0.05) is 29.8 Å². The van der Waals surface area contributed by atoms with Gasteiger partial charge in [0.1, 0.15) is 12.3 Å². The van der Waals surface area contributed by atoms with Crippen LogP contribution in [-0.4, -0.2) is 37.0 Å². The van der Waals surface area contributed by atoms with Gasteiger partial charge in [-0.05, 0) is 38.1 Å². The third kappa shape index (κ3) is 4.68. The van der Waals surface area contributed by atoms with Gasteiger partial charge in [0.15, 0.2) is 6.10 Å². The molecule has 1 heterocycles. The van der Waals surface area contributed by atoms with E-state index in [1.54, 1.807) is 24.3 Å². The Morgan fingerprint density at radius 3 is 2.61 bits per heavy atom. The van der Waals surface area contributed by atoms with E-state index in [0.717, 1.165) is 5.56 Å². The highest BCUT2D eigenvalue weighted by molar-refractivity contribution is 6.11. The Labute approximate surface area is 163 Å². The minimum Gasteiger partial charge on any atom is -0.493 e. The molecule has 0 spiro atoms. The number of carbonyl (C=O) groups excluding carboxylic acids is 3. The lowest BCUT2D eigenvalue weighted by Gasteiger charge is -2.30. The number of benzene rings is 2. The lowest BCUT2D eigenvalue weighted by atomic mass is 10.1. The van der Waals surface area contributed by atoms with Crippen molar-refractivity contribution in [2.45, 2.75) is 26.4 Å². The van der Waals surface area contributed by atoms with Gasteiger partial charge >= 0.3 is 5.97 Å². The fraction of sp³-hybridized carbons (Fsp3) is 0.286. The van der Waals surface area contributed by atoms with Gasteiger partial charge in [0.2, 0.25) is 5.91 Å². The van der Waals surface area contributed by atoms with Crippen LogP contribution in [0.2, 0.25) is 0 Å². The highest BCUT2D eigenvalue weighted by atomic mass is 16.6. The van der Waals surface area contributed by atoms with Crippen molar-refractivity contribution in [3.05, 3.63) is 54.1 Å².